The van der Waals surface area contributed by atoms with Gasteiger partial charge in [-0.1, -0.05) is 19.3 Å². The topological polar surface area (TPSA) is 52.6 Å². The summed E-state index contributed by atoms with van der Waals surface area (Å²) in [6.45, 7) is 9.07. The maximum atomic E-state index is 11.6. The van der Waals surface area contributed by atoms with Gasteiger partial charge in [0, 0.05) is 19.1 Å². The normalized spacial score (nSPS) is 29.9. The number of fused-ring (bicyclic) bond motifs is 1. The summed E-state index contributed by atoms with van der Waals surface area (Å²) in [5, 5.41) is 12.7. The Morgan fingerprint density at radius 3 is 2.57 bits per heavy atom. The molecule has 2 fully saturated rings. The van der Waals surface area contributed by atoms with Crippen molar-refractivity contribution < 1.29 is 9.90 Å². The van der Waals surface area contributed by atoms with Crippen LogP contribution in [0.4, 0.5) is 0 Å². The first-order chi connectivity index (χ1) is 9.90. The third kappa shape index (κ3) is 4.43. The van der Waals surface area contributed by atoms with Crippen LogP contribution in [0.25, 0.3) is 0 Å². The Balaban J connectivity index is 1.85. The van der Waals surface area contributed by atoms with Crippen LogP contribution >= 0.6 is 0 Å². The Morgan fingerprint density at radius 2 is 1.95 bits per heavy atom. The quantitative estimate of drug-likeness (QED) is 0.791. The minimum atomic E-state index is -0.808. The Morgan fingerprint density at radius 1 is 1.29 bits per heavy atom. The highest BCUT2D eigenvalue weighted by Crippen LogP contribution is 2.36. The Kier molecular flexibility index (Phi) is 5.67. The smallest absolute Gasteiger partial charge is 0.323 e. The van der Waals surface area contributed by atoms with Crippen LogP contribution in [0.15, 0.2) is 0 Å². The molecule has 1 saturated heterocycles. The molecule has 0 spiro atoms. The number of hydrogen-bond acceptors (Lipinski definition) is 3. The SMILES string of the molecule is CC(C)NC(C)(CCN1CCC2CCCCC2C1)C(=O)O. The van der Waals surface area contributed by atoms with Crippen molar-refractivity contribution in [3.63, 3.8) is 0 Å². The molecule has 0 amide bonds. The summed E-state index contributed by atoms with van der Waals surface area (Å²) in [5.41, 5.74) is -0.808. The van der Waals surface area contributed by atoms with Crippen molar-refractivity contribution >= 4 is 5.97 Å². The van der Waals surface area contributed by atoms with Gasteiger partial charge < -0.3 is 10.0 Å². The number of likely N-dealkylation sites (tertiary alicyclic amines) is 1. The highest BCUT2D eigenvalue weighted by atomic mass is 16.4. The second kappa shape index (κ2) is 7.10. The number of carboxylic acids is 1. The zero-order chi connectivity index (χ0) is 15.5. The summed E-state index contributed by atoms with van der Waals surface area (Å²) in [7, 11) is 0. The fraction of sp³-hybridized carbons (Fsp3) is 0.941. The van der Waals surface area contributed by atoms with Crippen LogP contribution in [0.3, 0.4) is 0 Å². The van der Waals surface area contributed by atoms with Crippen LogP contribution in [0.2, 0.25) is 0 Å². The molecular formula is C17H32N2O2. The van der Waals surface area contributed by atoms with E-state index in [1.165, 1.54) is 38.6 Å². The van der Waals surface area contributed by atoms with Gasteiger partial charge in [0.2, 0.25) is 0 Å². The summed E-state index contributed by atoms with van der Waals surface area (Å²) >= 11 is 0. The van der Waals surface area contributed by atoms with Crippen molar-refractivity contribution in [1.82, 2.24) is 10.2 Å². The van der Waals surface area contributed by atoms with Crippen LogP contribution in [-0.2, 0) is 4.79 Å². The average Bonchev–Trinajstić information content (AvgIpc) is 2.44. The number of carbonyl (C=O) groups is 1. The van der Waals surface area contributed by atoms with Crippen molar-refractivity contribution in [2.24, 2.45) is 11.8 Å². The van der Waals surface area contributed by atoms with E-state index >= 15 is 0 Å². The van der Waals surface area contributed by atoms with Gasteiger partial charge in [0.1, 0.15) is 5.54 Å². The number of piperidine rings is 1. The van der Waals surface area contributed by atoms with Gasteiger partial charge >= 0.3 is 5.97 Å². The highest BCUT2D eigenvalue weighted by molar-refractivity contribution is 5.78. The monoisotopic (exact) mass is 296 g/mol. The molecule has 122 valence electrons. The zero-order valence-corrected chi connectivity index (χ0v) is 13.9. The summed E-state index contributed by atoms with van der Waals surface area (Å²) in [5.74, 6) is 1.07. The molecule has 3 unspecified atom stereocenters. The molecule has 0 aromatic heterocycles. The second-order valence-corrected chi connectivity index (χ2v) is 7.58. The van der Waals surface area contributed by atoms with E-state index in [9.17, 15) is 9.90 Å². The Hall–Kier alpha value is -0.610. The number of hydrogen-bond donors (Lipinski definition) is 2. The molecule has 0 aromatic rings. The number of carboxylic acid groups (broad SMARTS) is 1. The van der Waals surface area contributed by atoms with E-state index in [0.29, 0.717) is 6.42 Å². The fourth-order valence-corrected chi connectivity index (χ4v) is 4.14. The molecule has 1 aliphatic carbocycles. The maximum Gasteiger partial charge on any atom is 0.323 e. The van der Waals surface area contributed by atoms with Gasteiger partial charge in [0.05, 0.1) is 0 Å². The molecule has 0 bridgehead atoms. The Labute approximate surface area is 129 Å². The van der Waals surface area contributed by atoms with E-state index in [4.69, 9.17) is 0 Å². The average molecular weight is 296 g/mol. The lowest BCUT2D eigenvalue weighted by molar-refractivity contribution is -0.145. The van der Waals surface area contributed by atoms with Gasteiger partial charge in [-0.05, 0) is 58.4 Å². The molecule has 3 atom stereocenters. The summed E-state index contributed by atoms with van der Waals surface area (Å²) in [6, 6.07) is 0.190. The van der Waals surface area contributed by atoms with E-state index in [2.05, 4.69) is 10.2 Å². The predicted molar refractivity (Wildman–Crippen MR) is 85.4 cm³/mol. The van der Waals surface area contributed by atoms with Gasteiger partial charge in [0.25, 0.3) is 0 Å². The predicted octanol–water partition coefficient (Wildman–Crippen LogP) is 2.73. The molecule has 1 saturated carbocycles. The molecule has 4 heteroatoms. The number of rotatable bonds is 6. The van der Waals surface area contributed by atoms with Gasteiger partial charge in [-0.15, -0.1) is 0 Å². The van der Waals surface area contributed by atoms with Gasteiger partial charge in [-0.2, -0.15) is 0 Å². The minimum absolute atomic E-state index is 0.190. The molecule has 2 N–H and O–H groups in total. The molecule has 2 rings (SSSR count). The first-order valence-corrected chi connectivity index (χ1v) is 8.64. The largest absolute Gasteiger partial charge is 0.480 e. The first-order valence-electron chi connectivity index (χ1n) is 8.64. The molecule has 2 aliphatic rings. The fourth-order valence-electron chi connectivity index (χ4n) is 4.14. The van der Waals surface area contributed by atoms with E-state index in [1.54, 1.807) is 0 Å². The van der Waals surface area contributed by atoms with Crippen LogP contribution in [-0.4, -0.2) is 47.2 Å². The second-order valence-electron chi connectivity index (χ2n) is 7.58. The van der Waals surface area contributed by atoms with Crippen LogP contribution in [0.5, 0.6) is 0 Å². The molecule has 0 aromatic carbocycles. The summed E-state index contributed by atoms with van der Waals surface area (Å²) in [6.07, 6.45) is 7.58. The van der Waals surface area contributed by atoms with Crippen LogP contribution in [0, 0.1) is 11.8 Å². The van der Waals surface area contributed by atoms with Crippen molar-refractivity contribution in [1.29, 1.82) is 0 Å². The molecule has 1 heterocycles. The van der Waals surface area contributed by atoms with Gasteiger partial charge in [-0.25, -0.2) is 0 Å². The molecule has 4 nitrogen and oxygen atoms in total. The number of nitrogens with one attached hydrogen (secondary N) is 1. The molecule has 0 radical (unpaired) electrons. The van der Waals surface area contributed by atoms with E-state index in [1.807, 2.05) is 20.8 Å². The lowest BCUT2D eigenvalue weighted by atomic mass is 9.75. The van der Waals surface area contributed by atoms with Crippen molar-refractivity contribution in [3.05, 3.63) is 0 Å². The molecule has 1 aliphatic heterocycles. The van der Waals surface area contributed by atoms with Crippen LogP contribution in [0.1, 0.15) is 59.3 Å². The van der Waals surface area contributed by atoms with E-state index < -0.39 is 11.5 Å². The third-order valence-corrected chi connectivity index (χ3v) is 5.38. The maximum absolute atomic E-state index is 11.6. The molecular weight excluding hydrogens is 264 g/mol. The minimum Gasteiger partial charge on any atom is -0.480 e. The van der Waals surface area contributed by atoms with Gasteiger partial charge in [0.15, 0.2) is 0 Å². The lowest BCUT2D eigenvalue weighted by Gasteiger charge is -2.42. The zero-order valence-electron chi connectivity index (χ0n) is 13.9. The summed E-state index contributed by atoms with van der Waals surface area (Å²) < 4.78 is 0. The standard InChI is InChI=1S/C17H32N2O2/c1-13(2)18-17(3,16(20)21)9-11-19-10-8-14-6-4-5-7-15(14)12-19/h13-15,18H,4-12H2,1-3H3,(H,20,21). The lowest BCUT2D eigenvalue weighted by Crippen LogP contribution is -2.54. The summed E-state index contributed by atoms with van der Waals surface area (Å²) in [4.78, 5) is 14.1. The van der Waals surface area contributed by atoms with Gasteiger partial charge in [-0.3, -0.25) is 10.1 Å². The first kappa shape index (κ1) is 16.8. The van der Waals surface area contributed by atoms with E-state index in [-0.39, 0.29) is 6.04 Å². The van der Waals surface area contributed by atoms with Crippen molar-refractivity contribution in [2.75, 3.05) is 19.6 Å². The van der Waals surface area contributed by atoms with Crippen molar-refractivity contribution in [2.45, 2.75) is 70.9 Å². The molecule has 21 heavy (non-hydrogen) atoms. The van der Waals surface area contributed by atoms with Crippen molar-refractivity contribution in [3.8, 4) is 0 Å². The number of nitrogens with zero attached hydrogens (tertiary/aromatic N) is 1. The van der Waals surface area contributed by atoms with E-state index in [0.717, 1.165) is 24.9 Å². The van der Waals surface area contributed by atoms with Crippen LogP contribution < -0.4 is 5.32 Å². The third-order valence-electron chi connectivity index (χ3n) is 5.38. The number of aliphatic carboxylic acids is 1. The highest BCUT2D eigenvalue weighted by Gasteiger charge is 2.36. The Bertz CT molecular complexity index is 359.